The van der Waals surface area contributed by atoms with Crippen LogP contribution in [0.4, 0.5) is 5.69 Å². The zero-order chi connectivity index (χ0) is 13.8. The number of nitrogens with two attached hydrogens (primary N) is 1. The molecule has 0 radical (unpaired) electrons. The van der Waals surface area contributed by atoms with Crippen LogP contribution in [-0.4, -0.2) is 28.8 Å². The Balaban J connectivity index is 2.04. The number of rotatable bonds is 5. The van der Waals surface area contributed by atoms with Crippen LogP contribution in [0.15, 0.2) is 30.6 Å². The lowest BCUT2D eigenvalue weighted by molar-refractivity contribution is 0.310. The third kappa shape index (κ3) is 3.48. The number of ether oxygens (including phenoxy) is 1. The van der Waals surface area contributed by atoms with E-state index in [2.05, 4.69) is 17.0 Å². The van der Waals surface area contributed by atoms with Crippen molar-refractivity contribution < 1.29 is 4.74 Å². The molecule has 0 atom stereocenters. The van der Waals surface area contributed by atoms with Crippen LogP contribution >= 0.6 is 0 Å². The molecule has 0 spiro atoms. The number of aromatic nitrogens is 2. The molecular weight excluding hydrogens is 240 g/mol. The fraction of sp³-hybridized carbons (Fsp3) is 0.357. The zero-order valence-electron chi connectivity index (χ0n) is 11.6. The van der Waals surface area contributed by atoms with Crippen molar-refractivity contribution in [3.05, 3.63) is 41.7 Å². The fourth-order valence-corrected chi connectivity index (χ4v) is 2.10. The van der Waals surface area contributed by atoms with Crippen molar-refractivity contribution in [2.45, 2.75) is 13.1 Å². The average Bonchev–Trinajstić information content (AvgIpc) is 2.76. The van der Waals surface area contributed by atoms with Crippen LogP contribution in [0.5, 0.6) is 5.75 Å². The summed E-state index contributed by atoms with van der Waals surface area (Å²) in [5.74, 6) is 0.832. The maximum atomic E-state index is 5.76. The van der Waals surface area contributed by atoms with Crippen molar-refractivity contribution in [1.82, 2.24) is 14.7 Å². The van der Waals surface area contributed by atoms with Crippen LogP contribution in [-0.2, 0) is 20.1 Å². The van der Waals surface area contributed by atoms with Gasteiger partial charge in [0.25, 0.3) is 0 Å². The van der Waals surface area contributed by atoms with Gasteiger partial charge < -0.3 is 10.5 Å². The van der Waals surface area contributed by atoms with Gasteiger partial charge in [0, 0.05) is 49.2 Å². The molecule has 0 aliphatic carbocycles. The largest absolute Gasteiger partial charge is 0.496 e. The summed E-state index contributed by atoms with van der Waals surface area (Å²) in [5, 5.41) is 4.17. The molecule has 1 aromatic heterocycles. The Morgan fingerprint density at radius 1 is 1.37 bits per heavy atom. The lowest BCUT2D eigenvalue weighted by Crippen LogP contribution is -2.17. The van der Waals surface area contributed by atoms with Gasteiger partial charge in [-0.3, -0.25) is 9.58 Å². The topological polar surface area (TPSA) is 56.3 Å². The predicted molar refractivity (Wildman–Crippen MR) is 75.8 cm³/mol. The Kier molecular flexibility index (Phi) is 4.06. The maximum absolute atomic E-state index is 5.76. The monoisotopic (exact) mass is 260 g/mol. The van der Waals surface area contributed by atoms with Crippen LogP contribution in [0.2, 0.25) is 0 Å². The first-order chi connectivity index (χ1) is 9.08. The lowest BCUT2D eigenvalue weighted by atomic mass is 10.1. The van der Waals surface area contributed by atoms with E-state index in [0.29, 0.717) is 0 Å². The Hall–Kier alpha value is -2.01. The minimum Gasteiger partial charge on any atom is -0.496 e. The third-order valence-electron chi connectivity index (χ3n) is 2.96. The molecule has 5 heteroatoms. The molecule has 102 valence electrons. The van der Waals surface area contributed by atoms with Crippen molar-refractivity contribution in [2.75, 3.05) is 19.9 Å². The highest BCUT2D eigenvalue weighted by atomic mass is 16.5. The standard InChI is InChI=1S/C14H20N4O/c1-17(8-11-7-16-18(2)9-11)10-12-4-5-13(15)6-14(12)19-3/h4-7,9H,8,10,15H2,1-3H3. The Morgan fingerprint density at radius 2 is 2.16 bits per heavy atom. The molecule has 0 aliphatic rings. The highest BCUT2D eigenvalue weighted by molar-refractivity contribution is 5.48. The Morgan fingerprint density at radius 3 is 2.79 bits per heavy atom. The molecule has 19 heavy (non-hydrogen) atoms. The summed E-state index contributed by atoms with van der Waals surface area (Å²) in [7, 11) is 5.66. The summed E-state index contributed by atoms with van der Waals surface area (Å²) in [5.41, 5.74) is 8.80. The van der Waals surface area contributed by atoms with E-state index < -0.39 is 0 Å². The Labute approximate surface area is 113 Å². The number of anilines is 1. The second-order valence-electron chi connectivity index (χ2n) is 4.77. The van der Waals surface area contributed by atoms with E-state index in [9.17, 15) is 0 Å². The fourth-order valence-electron chi connectivity index (χ4n) is 2.10. The maximum Gasteiger partial charge on any atom is 0.125 e. The molecule has 1 aromatic carbocycles. The van der Waals surface area contributed by atoms with Gasteiger partial charge >= 0.3 is 0 Å². The first-order valence-corrected chi connectivity index (χ1v) is 6.17. The van der Waals surface area contributed by atoms with Crippen LogP contribution < -0.4 is 10.5 Å². The number of nitrogen functional groups attached to an aromatic ring is 1. The molecule has 2 N–H and O–H groups in total. The van der Waals surface area contributed by atoms with Crippen molar-refractivity contribution in [2.24, 2.45) is 7.05 Å². The van der Waals surface area contributed by atoms with E-state index in [4.69, 9.17) is 10.5 Å². The summed E-state index contributed by atoms with van der Waals surface area (Å²) < 4.78 is 7.17. The van der Waals surface area contributed by atoms with Crippen molar-refractivity contribution in [3.63, 3.8) is 0 Å². The highest BCUT2D eigenvalue weighted by Crippen LogP contribution is 2.23. The van der Waals surface area contributed by atoms with E-state index in [1.165, 1.54) is 5.56 Å². The third-order valence-corrected chi connectivity index (χ3v) is 2.96. The summed E-state index contributed by atoms with van der Waals surface area (Å²) >= 11 is 0. The second-order valence-corrected chi connectivity index (χ2v) is 4.77. The smallest absolute Gasteiger partial charge is 0.125 e. The predicted octanol–water partition coefficient (Wildman–Crippen LogP) is 1.64. The van der Waals surface area contributed by atoms with Gasteiger partial charge in [0.05, 0.1) is 13.3 Å². The zero-order valence-corrected chi connectivity index (χ0v) is 11.6. The van der Waals surface area contributed by atoms with Crippen molar-refractivity contribution >= 4 is 5.69 Å². The Bertz CT molecular complexity index is 550. The summed E-state index contributed by atoms with van der Waals surface area (Å²) in [4.78, 5) is 2.21. The molecule has 0 fully saturated rings. The molecule has 5 nitrogen and oxygen atoms in total. The van der Waals surface area contributed by atoms with Gasteiger partial charge in [-0.2, -0.15) is 5.10 Å². The lowest BCUT2D eigenvalue weighted by Gasteiger charge is -2.18. The highest BCUT2D eigenvalue weighted by Gasteiger charge is 2.08. The van der Waals surface area contributed by atoms with Crippen molar-refractivity contribution in [3.8, 4) is 5.75 Å². The summed E-state index contributed by atoms with van der Waals surface area (Å²) in [6.45, 7) is 1.65. The van der Waals surface area contributed by atoms with Gasteiger partial charge in [-0.15, -0.1) is 0 Å². The van der Waals surface area contributed by atoms with Crippen molar-refractivity contribution in [1.29, 1.82) is 0 Å². The van der Waals surface area contributed by atoms with Gasteiger partial charge in [0.15, 0.2) is 0 Å². The van der Waals surface area contributed by atoms with Crippen LogP contribution in [0.25, 0.3) is 0 Å². The average molecular weight is 260 g/mol. The van der Waals surface area contributed by atoms with Gasteiger partial charge in [0.2, 0.25) is 0 Å². The molecule has 2 rings (SSSR count). The number of hydrogen-bond acceptors (Lipinski definition) is 4. The molecule has 0 unspecified atom stereocenters. The second kappa shape index (κ2) is 5.75. The number of benzene rings is 1. The minimum atomic E-state index is 0.718. The first-order valence-electron chi connectivity index (χ1n) is 6.17. The van der Waals surface area contributed by atoms with Gasteiger partial charge in [-0.05, 0) is 13.1 Å². The molecular formula is C14H20N4O. The molecule has 0 saturated heterocycles. The normalized spacial score (nSPS) is 10.9. The quantitative estimate of drug-likeness (QED) is 0.830. The molecule has 0 amide bonds. The summed E-state index contributed by atoms with van der Waals surface area (Å²) in [6, 6.07) is 5.76. The molecule has 1 heterocycles. The molecule has 0 saturated carbocycles. The SMILES string of the molecule is COc1cc(N)ccc1CN(C)Cc1cnn(C)c1. The van der Waals surface area contributed by atoms with Crippen LogP contribution in [0, 0.1) is 0 Å². The first kappa shape index (κ1) is 13.4. The van der Waals surface area contributed by atoms with E-state index in [0.717, 1.165) is 30.1 Å². The minimum absolute atomic E-state index is 0.718. The van der Waals surface area contributed by atoms with E-state index in [-0.39, 0.29) is 0 Å². The van der Waals surface area contributed by atoms with Crippen LogP contribution in [0.3, 0.4) is 0 Å². The number of hydrogen-bond donors (Lipinski definition) is 1. The summed E-state index contributed by atoms with van der Waals surface area (Å²) in [6.07, 6.45) is 3.91. The molecule has 0 bridgehead atoms. The number of nitrogens with zero attached hydrogens (tertiary/aromatic N) is 3. The number of methoxy groups -OCH3 is 1. The van der Waals surface area contributed by atoms with Gasteiger partial charge in [0.1, 0.15) is 5.75 Å². The van der Waals surface area contributed by atoms with E-state index in [1.807, 2.05) is 42.3 Å². The van der Waals surface area contributed by atoms with Gasteiger partial charge in [-0.25, -0.2) is 0 Å². The number of aryl methyl sites for hydroxylation is 1. The van der Waals surface area contributed by atoms with Gasteiger partial charge in [-0.1, -0.05) is 6.07 Å². The molecule has 0 aliphatic heterocycles. The molecule has 2 aromatic rings. The van der Waals surface area contributed by atoms with E-state index in [1.54, 1.807) is 7.11 Å². The van der Waals surface area contributed by atoms with E-state index >= 15 is 0 Å². The van der Waals surface area contributed by atoms with Crippen LogP contribution in [0.1, 0.15) is 11.1 Å².